The first-order valence-electron chi connectivity index (χ1n) is 9.49. The number of sulfonamides is 1. The van der Waals surface area contributed by atoms with E-state index in [0.717, 1.165) is 15.2 Å². The van der Waals surface area contributed by atoms with Gasteiger partial charge in [-0.1, -0.05) is 52.3 Å². The van der Waals surface area contributed by atoms with Crippen LogP contribution in [0.15, 0.2) is 76.1 Å². The highest BCUT2D eigenvalue weighted by molar-refractivity contribution is 9.10. The Morgan fingerprint density at radius 3 is 2.59 bits per heavy atom. The minimum Gasteiger partial charge on any atom is -0.326 e. The number of carbonyl (C=O) groups is 1. The molecule has 1 unspecified atom stereocenters. The number of fused-ring (bicyclic) bond motifs is 1. The molecule has 1 amide bonds. The van der Waals surface area contributed by atoms with Crippen molar-refractivity contribution in [3.05, 3.63) is 71.2 Å². The van der Waals surface area contributed by atoms with Gasteiger partial charge in [0, 0.05) is 23.2 Å². The van der Waals surface area contributed by atoms with Crippen molar-refractivity contribution in [1.29, 1.82) is 0 Å². The van der Waals surface area contributed by atoms with E-state index in [1.807, 2.05) is 54.6 Å². The van der Waals surface area contributed by atoms with Crippen molar-refractivity contribution in [2.45, 2.75) is 17.7 Å². The van der Waals surface area contributed by atoms with E-state index in [-0.39, 0.29) is 23.3 Å². The summed E-state index contributed by atoms with van der Waals surface area (Å²) in [5.74, 6) is -0.528. The number of rotatable bonds is 4. The lowest BCUT2D eigenvalue weighted by Gasteiger charge is -2.31. The second kappa shape index (κ2) is 8.26. The van der Waals surface area contributed by atoms with E-state index in [1.165, 1.54) is 4.31 Å². The van der Waals surface area contributed by atoms with Gasteiger partial charge in [-0.15, -0.1) is 0 Å². The minimum absolute atomic E-state index is 0.151. The number of carbonyl (C=O) groups excluding carboxylic acids is 1. The fraction of sp³-hybridized carbons (Fsp3) is 0.227. The molecule has 150 valence electrons. The van der Waals surface area contributed by atoms with Gasteiger partial charge in [0.05, 0.1) is 10.8 Å². The lowest BCUT2D eigenvalue weighted by Crippen LogP contribution is -2.43. The van der Waals surface area contributed by atoms with Crippen molar-refractivity contribution in [3.63, 3.8) is 0 Å². The van der Waals surface area contributed by atoms with Crippen molar-refractivity contribution in [3.8, 4) is 0 Å². The summed E-state index contributed by atoms with van der Waals surface area (Å²) < 4.78 is 28.7. The third-order valence-electron chi connectivity index (χ3n) is 5.21. The average molecular weight is 473 g/mol. The molecule has 0 radical (unpaired) electrons. The van der Waals surface area contributed by atoms with E-state index in [2.05, 4.69) is 21.2 Å². The molecule has 5 nitrogen and oxygen atoms in total. The number of hydrogen-bond donors (Lipinski definition) is 1. The smallest absolute Gasteiger partial charge is 0.243 e. The summed E-state index contributed by atoms with van der Waals surface area (Å²) in [5.41, 5.74) is 0.693. The van der Waals surface area contributed by atoms with Gasteiger partial charge in [-0.3, -0.25) is 4.79 Å². The zero-order valence-corrected chi connectivity index (χ0v) is 18.1. The summed E-state index contributed by atoms with van der Waals surface area (Å²) in [4.78, 5) is 13.0. The quantitative estimate of drug-likeness (QED) is 0.601. The van der Waals surface area contributed by atoms with Crippen LogP contribution in [0.5, 0.6) is 0 Å². The Kier molecular flexibility index (Phi) is 5.72. The Morgan fingerprint density at radius 1 is 1.00 bits per heavy atom. The molecule has 0 aromatic heterocycles. The van der Waals surface area contributed by atoms with Gasteiger partial charge in [0.1, 0.15) is 0 Å². The van der Waals surface area contributed by atoms with Gasteiger partial charge in [0.25, 0.3) is 0 Å². The molecular weight excluding hydrogens is 452 g/mol. The number of anilines is 1. The summed E-state index contributed by atoms with van der Waals surface area (Å²) >= 11 is 3.39. The van der Waals surface area contributed by atoms with Gasteiger partial charge in [-0.2, -0.15) is 4.31 Å². The Morgan fingerprint density at radius 2 is 1.79 bits per heavy atom. The number of halogens is 1. The number of nitrogens with one attached hydrogen (secondary N) is 1. The molecule has 1 fully saturated rings. The Balaban J connectivity index is 1.52. The van der Waals surface area contributed by atoms with Crippen LogP contribution in [0.3, 0.4) is 0 Å². The van der Waals surface area contributed by atoms with Crippen LogP contribution in [-0.2, 0) is 14.8 Å². The number of amides is 1. The van der Waals surface area contributed by atoms with Gasteiger partial charge in [-0.05, 0) is 53.9 Å². The van der Waals surface area contributed by atoms with E-state index in [9.17, 15) is 13.2 Å². The van der Waals surface area contributed by atoms with Gasteiger partial charge in [0.2, 0.25) is 15.9 Å². The number of hydrogen-bond acceptors (Lipinski definition) is 3. The zero-order valence-electron chi connectivity index (χ0n) is 15.7. The molecule has 1 aliphatic heterocycles. The van der Waals surface area contributed by atoms with Crippen molar-refractivity contribution in [2.75, 3.05) is 18.4 Å². The van der Waals surface area contributed by atoms with E-state index < -0.39 is 10.0 Å². The maximum absolute atomic E-state index is 13.2. The summed E-state index contributed by atoms with van der Waals surface area (Å²) in [6.07, 6.45) is 1.33. The Labute approximate surface area is 178 Å². The molecule has 1 atom stereocenters. The normalized spacial score (nSPS) is 17.9. The van der Waals surface area contributed by atoms with Gasteiger partial charge in [0.15, 0.2) is 0 Å². The summed E-state index contributed by atoms with van der Waals surface area (Å²) in [6.45, 7) is 0.616. The number of piperidine rings is 1. The first-order valence-corrected chi connectivity index (χ1v) is 11.7. The molecule has 29 heavy (non-hydrogen) atoms. The van der Waals surface area contributed by atoms with Crippen LogP contribution in [0.2, 0.25) is 0 Å². The van der Waals surface area contributed by atoms with E-state index in [0.29, 0.717) is 25.1 Å². The lowest BCUT2D eigenvalue weighted by atomic mass is 9.99. The Hall–Kier alpha value is -2.22. The highest BCUT2D eigenvalue weighted by Gasteiger charge is 2.33. The molecule has 3 aromatic carbocycles. The van der Waals surface area contributed by atoms with Crippen LogP contribution in [-0.4, -0.2) is 31.7 Å². The predicted octanol–water partition coefficient (Wildman–Crippen LogP) is 4.64. The molecule has 1 aliphatic rings. The molecule has 0 bridgehead atoms. The van der Waals surface area contributed by atoms with Crippen LogP contribution in [0.25, 0.3) is 10.8 Å². The lowest BCUT2D eigenvalue weighted by molar-refractivity contribution is -0.120. The molecule has 1 N–H and O–H groups in total. The molecule has 3 aromatic rings. The molecule has 1 heterocycles. The number of benzene rings is 3. The first-order chi connectivity index (χ1) is 13.9. The molecule has 0 spiro atoms. The standard InChI is InChI=1S/C22H21BrN2O3S/c23-19-8-3-9-20(14-19)24-22(26)18-7-4-12-25(15-18)29(27,28)21-11-10-16-5-1-2-6-17(16)13-21/h1-3,5-6,8-11,13-14,18H,4,7,12,15H2,(H,24,26). The molecule has 1 saturated heterocycles. The molecule has 7 heteroatoms. The predicted molar refractivity (Wildman–Crippen MR) is 118 cm³/mol. The fourth-order valence-corrected chi connectivity index (χ4v) is 5.62. The summed E-state index contributed by atoms with van der Waals surface area (Å²) in [5, 5.41) is 4.78. The monoisotopic (exact) mass is 472 g/mol. The van der Waals surface area contributed by atoms with Gasteiger partial charge >= 0.3 is 0 Å². The molecule has 0 saturated carbocycles. The molecule has 4 rings (SSSR count). The second-order valence-corrected chi connectivity index (χ2v) is 10.1. The first kappa shape index (κ1) is 20.1. The molecular formula is C22H21BrN2O3S. The second-order valence-electron chi connectivity index (χ2n) is 7.21. The van der Waals surface area contributed by atoms with Crippen LogP contribution in [0.4, 0.5) is 5.69 Å². The van der Waals surface area contributed by atoms with Crippen LogP contribution >= 0.6 is 15.9 Å². The van der Waals surface area contributed by atoms with Crippen LogP contribution in [0.1, 0.15) is 12.8 Å². The average Bonchev–Trinajstić information content (AvgIpc) is 2.73. The number of nitrogens with zero attached hydrogens (tertiary/aromatic N) is 1. The van der Waals surface area contributed by atoms with E-state index in [1.54, 1.807) is 12.1 Å². The minimum atomic E-state index is -3.65. The zero-order chi connectivity index (χ0) is 20.4. The van der Waals surface area contributed by atoms with Crippen molar-refractivity contribution in [2.24, 2.45) is 5.92 Å². The summed E-state index contributed by atoms with van der Waals surface area (Å²) in [6, 6.07) is 20.2. The maximum Gasteiger partial charge on any atom is 0.243 e. The SMILES string of the molecule is O=C(Nc1cccc(Br)c1)C1CCCN(S(=O)(=O)c2ccc3ccccc3c2)C1. The van der Waals surface area contributed by atoms with Gasteiger partial charge in [-0.25, -0.2) is 8.42 Å². The highest BCUT2D eigenvalue weighted by atomic mass is 79.9. The third kappa shape index (κ3) is 4.37. The fourth-order valence-electron chi connectivity index (χ4n) is 3.66. The molecule has 0 aliphatic carbocycles. The maximum atomic E-state index is 13.2. The topological polar surface area (TPSA) is 66.5 Å². The van der Waals surface area contributed by atoms with Crippen LogP contribution < -0.4 is 5.32 Å². The highest BCUT2D eigenvalue weighted by Crippen LogP contribution is 2.27. The van der Waals surface area contributed by atoms with Crippen molar-refractivity contribution < 1.29 is 13.2 Å². The van der Waals surface area contributed by atoms with Crippen molar-refractivity contribution >= 4 is 48.3 Å². The van der Waals surface area contributed by atoms with Gasteiger partial charge < -0.3 is 5.32 Å². The Bertz CT molecular complexity index is 1160. The largest absolute Gasteiger partial charge is 0.326 e. The third-order valence-corrected chi connectivity index (χ3v) is 7.56. The van der Waals surface area contributed by atoms with E-state index >= 15 is 0 Å². The summed E-state index contributed by atoms with van der Waals surface area (Å²) in [7, 11) is -3.65. The van der Waals surface area contributed by atoms with Crippen LogP contribution in [0, 0.1) is 5.92 Å². The van der Waals surface area contributed by atoms with E-state index in [4.69, 9.17) is 0 Å². The van der Waals surface area contributed by atoms with Crippen molar-refractivity contribution in [1.82, 2.24) is 4.31 Å².